The molecule has 22 heavy (non-hydrogen) atoms. The average Bonchev–Trinajstić information content (AvgIpc) is 2.91. The highest BCUT2D eigenvalue weighted by Gasteiger charge is 2.34. The molecule has 0 aliphatic carbocycles. The Morgan fingerprint density at radius 3 is 2.82 bits per heavy atom. The lowest BCUT2D eigenvalue weighted by Crippen LogP contribution is -2.40. The van der Waals surface area contributed by atoms with Gasteiger partial charge in [0.25, 0.3) is 0 Å². The number of thiocarbonyl (C=S) groups is 1. The van der Waals surface area contributed by atoms with Gasteiger partial charge < -0.3 is 10.6 Å². The Kier molecular flexibility index (Phi) is 4.10. The van der Waals surface area contributed by atoms with Gasteiger partial charge in [0.15, 0.2) is 5.82 Å². The first-order chi connectivity index (χ1) is 10.7. The highest BCUT2D eigenvalue weighted by atomic mass is 32.1. The third-order valence-corrected chi connectivity index (χ3v) is 3.51. The number of rotatable bonds is 5. The molecule has 1 aliphatic heterocycles. The number of aromatic nitrogens is 2. The number of halogens is 2. The van der Waals surface area contributed by atoms with Gasteiger partial charge in [-0.15, -0.1) is 0 Å². The van der Waals surface area contributed by atoms with E-state index in [1.807, 2.05) is 30.3 Å². The Labute approximate surface area is 131 Å². The number of hydrogen-bond donors (Lipinski definition) is 2. The molecule has 1 unspecified atom stereocenters. The van der Waals surface area contributed by atoms with Crippen LogP contribution in [-0.4, -0.2) is 28.1 Å². The van der Waals surface area contributed by atoms with Crippen LogP contribution in [0.25, 0.3) is 0 Å². The number of benzene rings is 1. The predicted molar refractivity (Wildman–Crippen MR) is 85.3 cm³/mol. The lowest BCUT2D eigenvalue weighted by molar-refractivity contribution is 0.141. The fraction of sp³-hybridized carbons (Fsp3) is 0.214. The minimum atomic E-state index is -2.70. The minimum Gasteiger partial charge on any atom is -0.357 e. The van der Waals surface area contributed by atoms with E-state index in [9.17, 15) is 8.78 Å². The highest BCUT2D eigenvalue weighted by molar-refractivity contribution is 7.79. The smallest absolute Gasteiger partial charge is 0.318 e. The molecule has 0 bridgehead atoms. The topological polar surface area (TPSA) is 53.1 Å². The van der Waals surface area contributed by atoms with Gasteiger partial charge in [-0.3, -0.25) is 4.90 Å². The molecule has 1 atom stereocenters. The molecule has 0 saturated carbocycles. The summed E-state index contributed by atoms with van der Waals surface area (Å²) in [5, 5.41) is 7.12. The van der Waals surface area contributed by atoms with Crippen LogP contribution in [0.3, 0.4) is 0 Å². The van der Waals surface area contributed by atoms with Gasteiger partial charge in [-0.25, -0.2) is 4.98 Å². The predicted octanol–water partition coefficient (Wildman–Crippen LogP) is 2.87. The summed E-state index contributed by atoms with van der Waals surface area (Å²) in [6.07, 6.45) is 0.716. The van der Waals surface area contributed by atoms with Crippen molar-refractivity contribution in [1.82, 2.24) is 9.97 Å². The molecule has 5 nitrogen and oxygen atoms in total. The van der Waals surface area contributed by atoms with Crippen molar-refractivity contribution in [3.63, 3.8) is 0 Å². The van der Waals surface area contributed by atoms with E-state index in [0.29, 0.717) is 18.2 Å². The maximum atomic E-state index is 13.2. The second-order valence-corrected chi connectivity index (χ2v) is 4.95. The van der Waals surface area contributed by atoms with Crippen molar-refractivity contribution in [1.29, 1.82) is 0 Å². The molecule has 0 fully saturated rings. The second-order valence-electron chi connectivity index (χ2n) is 4.68. The third kappa shape index (κ3) is 2.82. The van der Waals surface area contributed by atoms with E-state index >= 15 is 0 Å². The van der Waals surface area contributed by atoms with Crippen LogP contribution >= 0.6 is 12.2 Å². The summed E-state index contributed by atoms with van der Waals surface area (Å²) < 4.78 is 26.4. The Balaban J connectivity index is 1.79. The van der Waals surface area contributed by atoms with Gasteiger partial charge in [0.2, 0.25) is 5.95 Å². The Hall–Kier alpha value is -2.35. The van der Waals surface area contributed by atoms with Crippen LogP contribution in [-0.2, 0) is 6.54 Å². The lowest BCUT2D eigenvalue weighted by Gasteiger charge is -2.21. The number of nitrogens with zero attached hydrogens (tertiary/aromatic N) is 3. The largest absolute Gasteiger partial charge is 0.357 e. The summed E-state index contributed by atoms with van der Waals surface area (Å²) in [5.41, 5.74) is 1.49. The molecule has 2 heterocycles. The van der Waals surface area contributed by atoms with Crippen LogP contribution in [0, 0.1) is 0 Å². The van der Waals surface area contributed by atoms with Crippen LogP contribution in [0.15, 0.2) is 36.5 Å². The summed E-state index contributed by atoms with van der Waals surface area (Å²) in [4.78, 5) is 9.12. The molecule has 0 amide bonds. The quantitative estimate of drug-likeness (QED) is 0.652. The zero-order chi connectivity index (χ0) is 15.5. The SMILES string of the molecule is FC(F)N1c2nc(NCc3ccccc3)ncc2NC1C=S. The average molecular weight is 321 g/mol. The lowest BCUT2D eigenvalue weighted by atomic mass is 10.2. The zero-order valence-electron chi connectivity index (χ0n) is 11.4. The monoisotopic (exact) mass is 321 g/mol. The Morgan fingerprint density at radius 1 is 1.36 bits per heavy atom. The first-order valence-corrected chi connectivity index (χ1v) is 7.09. The summed E-state index contributed by atoms with van der Waals surface area (Å²) in [6, 6.07) is 9.68. The Morgan fingerprint density at radius 2 is 2.14 bits per heavy atom. The molecule has 114 valence electrons. The van der Waals surface area contributed by atoms with Crippen LogP contribution in [0.4, 0.5) is 26.2 Å². The van der Waals surface area contributed by atoms with Crippen molar-refractivity contribution >= 4 is 35.0 Å². The van der Waals surface area contributed by atoms with Gasteiger partial charge >= 0.3 is 6.55 Å². The first-order valence-electron chi connectivity index (χ1n) is 6.62. The fourth-order valence-electron chi connectivity index (χ4n) is 2.21. The van der Waals surface area contributed by atoms with Gasteiger partial charge in [0.05, 0.1) is 11.9 Å². The van der Waals surface area contributed by atoms with Crippen LogP contribution < -0.4 is 15.5 Å². The fourth-order valence-corrected chi connectivity index (χ4v) is 2.41. The molecule has 2 N–H and O–H groups in total. The zero-order valence-corrected chi connectivity index (χ0v) is 12.2. The number of hydrogen-bond acceptors (Lipinski definition) is 6. The van der Waals surface area contributed by atoms with Crippen LogP contribution in [0.1, 0.15) is 5.56 Å². The van der Waals surface area contributed by atoms with Gasteiger partial charge in [0.1, 0.15) is 6.17 Å². The van der Waals surface area contributed by atoms with E-state index in [2.05, 4.69) is 20.6 Å². The van der Waals surface area contributed by atoms with Crippen LogP contribution in [0.2, 0.25) is 0 Å². The van der Waals surface area contributed by atoms with Crippen molar-refractivity contribution in [3.05, 3.63) is 42.1 Å². The van der Waals surface area contributed by atoms with E-state index in [1.54, 1.807) is 0 Å². The molecule has 0 radical (unpaired) electrons. The van der Waals surface area contributed by atoms with Gasteiger partial charge in [-0.05, 0) is 5.56 Å². The van der Waals surface area contributed by atoms with Crippen molar-refractivity contribution in [2.45, 2.75) is 19.3 Å². The first kappa shape index (κ1) is 14.6. The summed E-state index contributed by atoms with van der Waals surface area (Å²) in [7, 11) is 0. The van der Waals surface area contributed by atoms with Crippen molar-refractivity contribution in [3.8, 4) is 0 Å². The van der Waals surface area contributed by atoms with Gasteiger partial charge in [0, 0.05) is 11.9 Å². The van der Waals surface area contributed by atoms with E-state index in [4.69, 9.17) is 12.2 Å². The highest BCUT2D eigenvalue weighted by Crippen LogP contribution is 2.34. The molecule has 2 aromatic rings. The van der Waals surface area contributed by atoms with Crippen LogP contribution in [0.5, 0.6) is 0 Å². The van der Waals surface area contributed by atoms with E-state index in [0.717, 1.165) is 10.5 Å². The van der Waals surface area contributed by atoms with E-state index in [-0.39, 0.29) is 5.82 Å². The molecular formula is C14H13F2N5S. The maximum absolute atomic E-state index is 13.2. The summed E-state index contributed by atoms with van der Waals surface area (Å²) >= 11 is 4.78. The van der Waals surface area contributed by atoms with Crippen molar-refractivity contribution in [2.24, 2.45) is 0 Å². The second kappa shape index (κ2) is 6.18. The molecular weight excluding hydrogens is 308 g/mol. The van der Waals surface area contributed by atoms with Gasteiger partial charge in [-0.2, -0.15) is 13.8 Å². The number of alkyl halides is 2. The van der Waals surface area contributed by atoms with E-state index in [1.165, 1.54) is 11.6 Å². The third-order valence-electron chi connectivity index (χ3n) is 3.25. The van der Waals surface area contributed by atoms with Crippen molar-refractivity contribution in [2.75, 3.05) is 15.5 Å². The molecule has 1 aliphatic rings. The summed E-state index contributed by atoms with van der Waals surface area (Å²) in [6.45, 7) is -2.19. The van der Waals surface area contributed by atoms with Crippen molar-refractivity contribution < 1.29 is 8.78 Å². The number of nitrogens with one attached hydrogen (secondary N) is 2. The minimum absolute atomic E-state index is 0.145. The number of anilines is 3. The molecule has 0 spiro atoms. The van der Waals surface area contributed by atoms with E-state index < -0.39 is 12.7 Å². The molecule has 1 aromatic carbocycles. The Bertz CT molecular complexity index is 668. The maximum Gasteiger partial charge on any atom is 0.318 e. The molecule has 3 rings (SSSR count). The normalized spacial score (nSPS) is 16.3. The van der Waals surface area contributed by atoms with Gasteiger partial charge in [-0.1, -0.05) is 42.5 Å². The molecule has 0 saturated heterocycles. The summed E-state index contributed by atoms with van der Waals surface area (Å²) in [5.74, 6) is 0.437. The molecule has 1 aromatic heterocycles. The standard InChI is InChI=1S/C14H13F2N5S/c15-13(16)21-11(8-22)19-10-7-18-14(20-12(10)21)17-6-9-4-2-1-3-5-9/h1-5,7-8,11,13,19H,6H2,(H,17,18,20). The number of fused-ring (bicyclic) bond motifs is 1. The molecule has 8 heteroatoms.